The second kappa shape index (κ2) is 6.53. The van der Waals surface area contributed by atoms with Crippen LogP contribution in [0.4, 0.5) is 23.7 Å². The molecule has 0 bridgehead atoms. The number of urea groups is 1. The van der Waals surface area contributed by atoms with Gasteiger partial charge in [-0.1, -0.05) is 0 Å². The van der Waals surface area contributed by atoms with Crippen LogP contribution < -0.4 is 10.6 Å². The molecule has 5 nitrogen and oxygen atoms in total. The maximum atomic E-state index is 12.4. The summed E-state index contributed by atoms with van der Waals surface area (Å²) in [5.74, 6) is 0. The molecule has 0 spiro atoms. The van der Waals surface area contributed by atoms with Crippen LogP contribution in [-0.2, 0) is 10.9 Å². The number of anilines is 1. The van der Waals surface area contributed by atoms with Crippen molar-refractivity contribution < 1.29 is 27.8 Å². The number of nitrogens with one attached hydrogen (secondary N) is 2. The molecular formula is C14H17F3N2O3. The number of halogens is 3. The molecule has 1 fully saturated rings. The largest absolute Gasteiger partial charge is 0.416 e. The minimum absolute atomic E-state index is 0.0584. The van der Waals surface area contributed by atoms with Crippen LogP contribution in [0, 0.1) is 0 Å². The lowest BCUT2D eigenvalue weighted by atomic mass is 9.94. The molecule has 122 valence electrons. The quantitative estimate of drug-likeness (QED) is 0.801. The number of rotatable bonds is 3. The highest BCUT2D eigenvalue weighted by atomic mass is 19.4. The number of alkyl halides is 3. The van der Waals surface area contributed by atoms with Crippen LogP contribution in [-0.4, -0.2) is 36.5 Å². The Morgan fingerprint density at radius 1 is 1.23 bits per heavy atom. The van der Waals surface area contributed by atoms with Crippen molar-refractivity contribution in [3.8, 4) is 0 Å². The predicted octanol–water partition coefficient (Wildman–Crippen LogP) is 2.37. The zero-order chi connectivity index (χ0) is 16.2. The lowest BCUT2D eigenvalue weighted by Gasteiger charge is -2.32. The van der Waals surface area contributed by atoms with Crippen molar-refractivity contribution in [1.82, 2.24) is 5.32 Å². The zero-order valence-corrected chi connectivity index (χ0v) is 11.7. The number of aliphatic hydroxyl groups is 1. The maximum Gasteiger partial charge on any atom is 0.416 e. The fourth-order valence-electron chi connectivity index (χ4n) is 2.09. The molecule has 8 heteroatoms. The molecule has 3 N–H and O–H groups in total. The van der Waals surface area contributed by atoms with Gasteiger partial charge in [0.2, 0.25) is 0 Å². The Morgan fingerprint density at radius 3 is 2.36 bits per heavy atom. The molecule has 1 heterocycles. The Morgan fingerprint density at radius 2 is 1.82 bits per heavy atom. The van der Waals surface area contributed by atoms with E-state index in [1.165, 1.54) is 12.1 Å². The number of benzene rings is 1. The summed E-state index contributed by atoms with van der Waals surface area (Å²) in [5, 5.41) is 15.1. The molecule has 1 aromatic carbocycles. The topological polar surface area (TPSA) is 70.6 Å². The van der Waals surface area contributed by atoms with Gasteiger partial charge >= 0.3 is 12.2 Å². The fraction of sp³-hybridized carbons (Fsp3) is 0.500. The van der Waals surface area contributed by atoms with E-state index >= 15 is 0 Å². The van der Waals surface area contributed by atoms with E-state index in [0.717, 1.165) is 12.1 Å². The Balaban J connectivity index is 1.84. The van der Waals surface area contributed by atoms with E-state index in [0.29, 0.717) is 26.1 Å². The molecule has 0 atom stereocenters. The van der Waals surface area contributed by atoms with Crippen molar-refractivity contribution >= 4 is 11.7 Å². The number of carbonyl (C=O) groups is 1. The van der Waals surface area contributed by atoms with Crippen molar-refractivity contribution in [3.05, 3.63) is 29.8 Å². The molecule has 0 saturated carbocycles. The van der Waals surface area contributed by atoms with Crippen molar-refractivity contribution in [2.75, 3.05) is 25.1 Å². The average Bonchev–Trinajstić information content (AvgIpc) is 2.46. The first-order valence-electron chi connectivity index (χ1n) is 6.81. The van der Waals surface area contributed by atoms with Crippen LogP contribution in [0.2, 0.25) is 0 Å². The second-order valence-electron chi connectivity index (χ2n) is 5.22. The van der Waals surface area contributed by atoms with Crippen molar-refractivity contribution in [1.29, 1.82) is 0 Å². The van der Waals surface area contributed by atoms with Crippen LogP contribution in [0.5, 0.6) is 0 Å². The molecular weight excluding hydrogens is 301 g/mol. The van der Waals surface area contributed by atoms with Gasteiger partial charge in [-0.3, -0.25) is 0 Å². The molecule has 2 amide bonds. The molecule has 1 aromatic rings. The van der Waals surface area contributed by atoms with Crippen LogP contribution in [0.3, 0.4) is 0 Å². The number of amides is 2. The zero-order valence-electron chi connectivity index (χ0n) is 11.7. The van der Waals surface area contributed by atoms with Gasteiger partial charge in [0.25, 0.3) is 0 Å². The van der Waals surface area contributed by atoms with Gasteiger partial charge in [-0.2, -0.15) is 13.2 Å². The summed E-state index contributed by atoms with van der Waals surface area (Å²) >= 11 is 0. The van der Waals surface area contributed by atoms with Gasteiger partial charge < -0.3 is 20.5 Å². The van der Waals surface area contributed by atoms with Gasteiger partial charge in [-0.25, -0.2) is 4.79 Å². The van der Waals surface area contributed by atoms with Crippen LogP contribution >= 0.6 is 0 Å². The summed E-state index contributed by atoms with van der Waals surface area (Å²) in [6.07, 6.45) is -3.56. The molecule has 0 unspecified atom stereocenters. The Kier molecular flexibility index (Phi) is 4.92. The van der Waals surface area contributed by atoms with E-state index in [9.17, 15) is 23.1 Å². The highest BCUT2D eigenvalue weighted by molar-refractivity contribution is 5.89. The monoisotopic (exact) mass is 318 g/mol. The van der Waals surface area contributed by atoms with Gasteiger partial charge in [0.05, 0.1) is 11.2 Å². The fourth-order valence-corrected chi connectivity index (χ4v) is 2.09. The van der Waals surface area contributed by atoms with Gasteiger partial charge in [-0.05, 0) is 24.3 Å². The summed E-state index contributed by atoms with van der Waals surface area (Å²) in [6, 6.07) is 3.54. The molecule has 1 aliphatic rings. The third-order valence-corrected chi connectivity index (χ3v) is 3.47. The number of carbonyl (C=O) groups excluding carboxylic acids is 1. The molecule has 22 heavy (non-hydrogen) atoms. The first kappa shape index (κ1) is 16.6. The maximum absolute atomic E-state index is 12.4. The SMILES string of the molecule is O=C(NCC1(O)CCOCC1)Nc1ccc(C(F)(F)F)cc1. The summed E-state index contributed by atoms with van der Waals surface area (Å²) in [5.41, 5.74) is -1.55. The highest BCUT2D eigenvalue weighted by Crippen LogP contribution is 2.29. The summed E-state index contributed by atoms with van der Waals surface area (Å²) in [4.78, 5) is 11.7. The second-order valence-corrected chi connectivity index (χ2v) is 5.22. The summed E-state index contributed by atoms with van der Waals surface area (Å²) < 4.78 is 42.4. The minimum Gasteiger partial charge on any atom is -0.388 e. The number of ether oxygens (including phenoxy) is 1. The van der Waals surface area contributed by atoms with E-state index in [2.05, 4.69) is 10.6 Å². The van der Waals surface area contributed by atoms with E-state index in [-0.39, 0.29) is 12.2 Å². The molecule has 0 radical (unpaired) electrons. The molecule has 0 aromatic heterocycles. The third-order valence-electron chi connectivity index (χ3n) is 3.47. The first-order valence-corrected chi connectivity index (χ1v) is 6.81. The predicted molar refractivity (Wildman–Crippen MR) is 73.5 cm³/mol. The van der Waals surface area contributed by atoms with Crippen molar-refractivity contribution in [2.24, 2.45) is 0 Å². The first-order chi connectivity index (χ1) is 10.3. The van der Waals surface area contributed by atoms with Crippen LogP contribution in [0.1, 0.15) is 18.4 Å². The molecule has 1 saturated heterocycles. The van der Waals surface area contributed by atoms with Crippen molar-refractivity contribution in [2.45, 2.75) is 24.6 Å². The summed E-state index contributed by atoms with van der Waals surface area (Å²) in [7, 11) is 0. The van der Waals surface area contributed by atoms with E-state index in [1.54, 1.807) is 0 Å². The standard InChI is InChI=1S/C14H17F3N2O3/c15-14(16,17)10-1-3-11(4-2-10)19-12(20)18-9-13(21)5-7-22-8-6-13/h1-4,21H,5-9H2,(H2,18,19,20). The highest BCUT2D eigenvalue weighted by Gasteiger charge is 2.31. The van der Waals surface area contributed by atoms with Gasteiger partial charge in [-0.15, -0.1) is 0 Å². The van der Waals surface area contributed by atoms with Gasteiger partial charge in [0.15, 0.2) is 0 Å². The average molecular weight is 318 g/mol. The van der Waals surface area contributed by atoms with Gasteiger partial charge in [0, 0.05) is 38.3 Å². The lowest BCUT2D eigenvalue weighted by molar-refractivity contribution is -0.137. The number of hydrogen-bond acceptors (Lipinski definition) is 3. The van der Waals surface area contributed by atoms with Gasteiger partial charge in [0.1, 0.15) is 0 Å². The van der Waals surface area contributed by atoms with E-state index in [1.807, 2.05) is 0 Å². The number of hydrogen-bond donors (Lipinski definition) is 3. The van der Waals surface area contributed by atoms with E-state index in [4.69, 9.17) is 4.74 Å². The Hall–Kier alpha value is -1.80. The van der Waals surface area contributed by atoms with E-state index < -0.39 is 23.4 Å². The van der Waals surface area contributed by atoms with Crippen LogP contribution in [0.25, 0.3) is 0 Å². The lowest BCUT2D eigenvalue weighted by Crippen LogP contribution is -2.47. The summed E-state index contributed by atoms with van der Waals surface area (Å²) in [6.45, 7) is 0.917. The molecule has 1 aliphatic heterocycles. The Bertz CT molecular complexity index is 511. The normalized spacial score (nSPS) is 17.8. The van der Waals surface area contributed by atoms with Crippen LogP contribution in [0.15, 0.2) is 24.3 Å². The Labute approximate surface area is 125 Å². The third kappa shape index (κ3) is 4.60. The smallest absolute Gasteiger partial charge is 0.388 e. The minimum atomic E-state index is -4.41. The molecule has 2 rings (SSSR count). The molecule has 0 aliphatic carbocycles. The van der Waals surface area contributed by atoms with Crippen molar-refractivity contribution in [3.63, 3.8) is 0 Å².